The van der Waals surface area contributed by atoms with Crippen molar-refractivity contribution in [3.8, 4) is 0 Å². The second kappa shape index (κ2) is 6.42. The van der Waals surface area contributed by atoms with Gasteiger partial charge in [-0.3, -0.25) is 14.5 Å². The van der Waals surface area contributed by atoms with E-state index in [1.807, 2.05) is 43.3 Å². The maximum Gasteiger partial charge on any atom is 0.250 e. The standard InChI is InChI=1S/C20H20N4O2S/c1-12-8-9-13-15(10-12)23-19(22-13)27-11-17(25)24-16-7-5-4-6-14(16)21-18(26)20(24,2)3/h4-10H,11H2,1-3H3,(H,21,26)(H,22,23). The Morgan fingerprint density at radius 3 is 2.81 bits per heavy atom. The van der Waals surface area contributed by atoms with Gasteiger partial charge in [-0.15, -0.1) is 0 Å². The van der Waals surface area contributed by atoms with E-state index < -0.39 is 5.54 Å². The van der Waals surface area contributed by atoms with E-state index in [0.29, 0.717) is 16.5 Å². The number of carbonyl (C=O) groups is 2. The van der Waals surface area contributed by atoms with Crippen LogP contribution in [0.5, 0.6) is 0 Å². The zero-order valence-corrected chi connectivity index (χ0v) is 16.2. The monoisotopic (exact) mass is 380 g/mol. The number of hydrogen-bond donors (Lipinski definition) is 2. The van der Waals surface area contributed by atoms with Crippen molar-refractivity contribution in [2.75, 3.05) is 16.0 Å². The van der Waals surface area contributed by atoms with Crippen LogP contribution in [0.15, 0.2) is 47.6 Å². The van der Waals surface area contributed by atoms with Crippen molar-refractivity contribution >= 4 is 46.0 Å². The molecule has 1 aromatic heterocycles. The topological polar surface area (TPSA) is 78.1 Å². The number of carbonyl (C=O) groups excluding carboxylic acids is 2. The zero-order valence-electron chi connectivity index (χ0n) is 15.4. The third kappa shape index (κ3) is 3.08. The molecule has 0 spiro atoms. The smallest absolute Gasteiger partial charge is 0.250 e. The normalized spacial score (nSPS) is 15.5. The molecule has 2 amide bonds. The van der Waals surface area contributed by atoms with Gasteiger partial charge in [-0.05, 0) is 50.6 Å². The molecular formula is C20H20N4O2S. The summed E-state index contributed by atoms with van der Waals surface area (Å²) >= 11 is 1.34. The number of anilines is 2. The summed E-state index contributed by atoms with van der Waals surface area (Å²) in [5.74, 6) is -0.146. The third-order valence-corrected chi connectivity index (χ3v) is 5.56. The summed E-state index contributed by atoms with van der Waals surface area (Å²) in [5.41, 5.74) is 3.38. The van der Waals surface area contributed by atoms with E-state index in [9.17, 15) is 9.59 Å². The molecule has 0 aliphatic carbocycles. The average molecular weight is 380 g/mol. The Morgan fingerprint density at radius 1 is 1.22 bits per heavy atom. The van der Waals surface area contributed by atoms with Crippen molar-refractivity contribution in [3.63, 3.8) is 0 Å². The molecule has 0 fully saturated rings. The first-order chi connectivity index (χ1) is 12.9. The molecule has 0 saturated carbocycles. The molecule has 27 heavy (non-hydrogen) atoms. The van der Waals surface area contributed by atoms with Crippen molar-refractivity contribution < 1.29 is 9.59 Å². The average Bonchev–Trinajstić information content (AvgIpc) is 3.02. The Bertz CT molecular complexity index is 1060. The van der Waals surface area contributed by atoms with E-state index in [-0.39, 0.29) is 17.6 Å². The quantitative estimate of drug-likeness (QED) is 0.679. The SMILES string of the molecule is Cc1ccc2nc(SCC(=O)N3c4ccccc4NC(=O)C3(C)C)[nH]c2c1. The fourth-order valence-electron chi connectivity index (χ4n) is 3.26. The Hall–Kier alpha value is -2.80. The van der Waals surface area contributed by atoms with Crippen LogP contribution in [-0.2, 0) is 9.59 Å². The lowest BCUT2D eigenvalue weighted by Crippen LogP contribution is -2.58. The van der Waals surface area contributed by atoms with Crippen LogP contribution in [-0.4, -0.2) is 33.1 Å². The maximum absolute atomic E-state index is 13.0. The van der Waals surface area contributed by atoms with Gasteiger partial charge < -0.3 is 10.3 Å². The van der Waals surface area contributed by atoms with E-state index in [1.54, 1.807) is 24.8 Å². The van der Waals surface area contributed by atoms with E-state index in [4.69, 9.17) is 0 Å². The van der Waals surface area contributed by atoms with Crippen LogP contribution < -0.4 is 10.2 Å². The molecule has 2 aromatic carbocycles. The van der Waals surface area contributed by atoms with E-state index >= 15 is 0 Å². The van der Waals surface area contributed by atoms with Gasteiger partial charge in [-0.25, -0.2) is 4.98 Å². The third-order valence-electron chi connectivity index (χ3n) is 4.71. The Balaban J connectivity index is 1.58. The number of hydrogen-bond acceptors (Lipinski definition) is 4. The number of amides is 2. The maximum atomic E-state index is 13.0. The molecule has 6 nitrogen and oxygen atoms in total. The second-order valence-electron chi connectivity index (χ2n) is 7.11. The number of nitrogens with zero attached hydrogens (tertiary/aromatic N) is 2. The van der Waals surface area contributed by atoms with Gasteiger partial charge in [0, 0.05) is 0 Å². The predicted molar refractivity (Wildman–Crippen MR) is 108 cm³/mol. The molecule has 1 aliphatic heterocycles. The highest BCUT2D eigenvalue weighted by atomic mass is 32.2. The van der Waals surface area contributed by atoms with Crippen LogP contribution in [0.25, 0.3) is 11.0 Å². The summed E-state index contributed by atoms with van der Waals surface area (Å²) in [6, 6.07) is 13.4. The van der Waals surface area contributed by atoms with Gasteiger partial charge in [0.05, 0.1) is 28.2 Å². The zero-order chi connectivity index (χ0) is 19.2. The summed E-state index contributed by atoms with van der Waals surface area (Å²) in [6.07, 6.45) is 0. The van der Waals surface area contributed by atoms with E-state index in [1.165, 1.54) is 11.8 Å². The molecule has 4 rings (SSSR count). The van der Waals surface area contributed by atoms with Crippen LogP contribution >= 0.6 is 11.8 Å². The lowest BCUT2D eigenvalue weighted by Gasteiger charge is -2.42. The number of rotatable bonds is 3. The van der Waals surface area contributed by atoms with Crippen molar-refractivity contribution in [2.24, 2.45) is 0 Å². The summed E-state index contributed by atoms with van der Waals surface area (Å²) in [4.78, 5) is 34.9. The van der Waals surface area contributed by atoms with Gasteiger partial charge in [0.2, 0.25) is 11.8 Å². The Labute approximate surface area is 161 Å². The van der Waals surface area contributed by atoms with Crippen LogP contribution in [0, 0.1) is 6.92 Å². The Morgan fingerprint density at radius 2 is 2.00 bits per heavy atom. The van der Waals surface area contributed by atoms with E-state index in [2.05, 4.69) is 15.3 Å². The summed E-state index contributed by atoms with van der Waals surface area (Å²) in [6.45, 7) is 5.53. The molecule has 138 valence electrons. The number of fused-ring (bicyclic) bond motifs is 2. The van der Waals surface area contributed by atoms with Crippen molar-refractivity contribution in [3.05, 3.63) is 48.0 Å². The number of imidazole rings is 1. The van der Waals surface area contributed by atoms with Gasteiger partial charge in [0.25, 0.3) is 0 Å². The number of aromatic amines is 1. The van der Waals surface area contributed by atoms with Crippen molar-refractivity contribution in [1.82, 2.24) is 9.97 Å². The molecule has 3 aromatic rings. The van der Waals surface area contributed by atoms with Crippen LogP contribution in [0.3, 0.4) is 0 Å². The van der Waals surface area contributed by atoms with Crippen molar-refractivity contribution in [2.45, 2.75) is 31.5 Å². The molecule has 2 heterocycles. The molecule has 2 N–H and O–H groups in total. The van der Waals surface area contributed by atoms with Crippen molar-refractivity contribution in [1.29, 1.82) is 0 Å². The first-order valence-corrected chi connectivity index (χ1v) is 9.67. The predicted octanol–water partition coefficient (Wildman–Crippen LogP) is 3.73. The first kappa shape index (κ1) is 17.6. The highest BCUT2D eigenvalue weighted by molar-refractivity contribution is 7.99. The molecule has 1 aliphatic rings. The molecule has 0 saturated heterocycles. The summed E-state index contributed by atoms with van der Waals surface area (Å²) in [5, 5.41) is 3.56. The number of aryl methyl sites for hydroxylation is 1. The number of H-pyrrole nitrogens is 1. The summed E-state index contributed by atoms with van der Waals surface area (Å²) in [7, 11) is 0. The molecule has 7 heteroatoms. The highest BCUT2D eigenvalue weighted by Crippen LogP contribution is 2.37. The van der Waals surface area contributed by atoms with Crippen LogP contribution in [0.4, 0.5) is 11.4 Å². The largest absolute Gasteiger partial charge is 0.333 e. The lowest BCUT2D eigenvalue weighted by molar-refractivity contribution is -0.125. The number of benzene rings is 2. The van der Waals surface area contributed by atoms with Gasteiger partial charge in [-0.2, -0.15) is 0 Å². The van der Waals surface area contributed by atoms with Gasteiger partial charge in [0.1, 0.15) is 5.54 Å². The van der Waals surface area contributed by atoms with E-state index in [0.717, 1.165) is 16.6 Å². The molecule has 0 bridgehead atoms. The van der Waals surface area contributed by atoms with Crippen LogP contribution in [0.2, 0.25) is 0 Å². The minimum absolute atomic E-state index is 0.135. The highest BCUT2D eigenvalue weighted by Gasteiger charge is 2.43. The van der Waals surface area contributed by atoms with Gasteiger partial charge >= 0.3 is 0 Å². The fraction of sp³-hybridized carbons (Fsp3) is 0.250. The molecular weight excluding hydrogens is 360 g/mol. The summed E-state index contributed by atoms with van der Waals surface area (Å²) < 4.78 is 0. The molecule has 0 radical (unpaired) electrons. The minimum atomic E-state index is -0.961. The molecule has 0 unspecified atom stereocenters. The van der Waals surface area contributed by atoms with Crippen LogP contribution in [0.1, 0.15) is 19.4 Å². The lowest BCUT2D eigenvalue weighted by atomic mass is 9.96. The second-order valence-corrected chi connectivity index (χ2v) is 8.07. The minimum Gasteiger partial charge on any atom is -0.333 e. The number of para-hydroxylation sites is 2. The first-order valence-electron chi connectivity index (χ1n) is 8.69. The van der Waals surface area contributed by atoms with Gasteiger partial charge in [0.15, 0.2) is 5.16 Å². The fourth-order valence-corrected chi connectivity index (χ4v) is 4.00. The number of nitrogens with one attached hydrogen (secondary N) is 2. The van der Waals surface area contributed by atoms with Gasteiger partial charge in [-0.1, -0.05) is 30.0 Å². The number of thioether (sulfide) groups is 1. The molecule has 0 atom stereocenters. The Kier molecular flexibility index (Phi) is 4.19. The number of aromatic nitrogens is 2.